The average Bonchev–Trinajstić information content (AvgIpc) is 3.24. The molecule has 0 bridgehead atoms. The SMILES string of the molecule is Cc1cc(C)c(CNC(=O)c2cc(-c3ccc(N4CCNC[C@@H]4C)nc3)cc3c2c(C)cn3C(C)C)c(=O)[nH]1. The van der Waals surface area contributed by atoms with Gasteiger partial charge in [0.25, 0.3) is 11.5 Å². The van der Waals surface area contributed by atoms with Crippen molar-refractivity contribution >= 4 is 22.6 Å². The number of anilines is 1. The molecule has 1 atom stereocenters. The van der Waals surface area contributed by atoms with Crippen LogP contribution in [0, 0.1) is 20.8 Å². The number of benzene rings is 1. The van der Waals surface area contributed by atoms with Gasteiger partial charge in [0.1, 0.15) is 5.82 Å². The quantitative estimate of drug-likeness (QED) is 0.341. The molecule has 0 spiro atoms. The summed E-state index contributed by atoms with van der Waals surface area (Å²) in [5.74, 6) is 0.761. The summed E-state index contributed by atoms with van der Waals surface area (Å²) in [4.78, 5) is 36.2. The molecule has 8 heteroatoms. The summed E-state index contributed by atoms with van der Waals surface area (Å²) in [7, 11) is 0. The van der Waals surface area contributed by atoms with Crippen molar-refractivity contribution in [2.75, 3.05) is 24.5 Å². The predicted molar refractivity (Wildman–Crippen MR) is 158 cm³/mol. The number of hydrogen-bond donors (Lipinski definition) is 3. The molecule has 1 saturated heterocycles. The van der Waals surface area contributed by atoms with Gasteiger partial charge in [-0.05, 0) is 88.6 Å². The van der Waals surface area contributed by atoms with E-state index in [4.69, 9.17) is 4.98 Å². The Morgan fingerprint density at radius 3 is 2.59 bits per heavy atom. The predicted octanol–water partition coefficient (Wildman–Crippen LogP) is 4.63. The number of hydrogen-bond acceptors (Lipinski definition) is 5. The maximum absolute atomic E-state index is 13.7. The first-order chi connectivity index (χ1) is 18.6. The fourth-order valence-electron chi connectivity index (χ4n) is 5.63. The molecule has 0 unspecified atom stereocenters. The van der Waals surface area contributed by atoms with Gasteiger partial charge in [-0.3, -0.25) is 9.59 Å². The van der Waals surface area contributed by atoms with Crippen LogP contribution >= 0.6 is 0 Å². The first-order valence-electron chi connectivity index (χ1n) is 13.7. The van der Waals surface area contributed by atoms with E-state index in [2.05, 4.69) is 70.3 Å². The molecule has 0 saturated carbocycles. The highest BCUT2D eigenvalue weighted by atomic mass is 16.1. The number of nitrogens with one attached hydrogen (secondary N) is 3. The van der Waals surface area contributed by atoms with E-state index in [1.54, 1.807) is 0 Å². The largest absolute Gasteiger partial charge is 0.351 e. The van der Waals surface area contributed by atoms with Crippen molar-refractivity contribution in [2.45, 2.75) is 60.2 Å². The first-order valence-corrected chi connectivity index (χ1v) is 13.7. The minimum absolute atomic E-state index is 0.162. The van der Waals surface area contributed by atoms with Crippen LogP contribution in [0.4, 0.5) is 5.82 Å². The summed E-state index contributed by atoms with van der Waals surface area (Å²) in [5.41, 5.74) is 6.61. The average molecular weight is 527 g/mol. The number of carbonyl (C=O) groups is 1. The summed E-state index contributed by atoms with van der Waals surface area (Å²) < 4.78 is 2.21. The molecule has 1 fully saturated rings. The molecule has 0 aliphatic carbocycles. The van der Waals surface area contributed by atoms with Crippen LogP contribution in [0.2, 0.25) is 0 Å². The number of aryl methyl sites for hydroxylation is 3. The van der Waals surface area contributed by atoms with Gasteiger partial charge in [0, 0.05) is 83.9 Å². The van der Waals surface area contributed by atoms with Crippen LogP contribution in [0.3, 0.4) is 0 Å². The Hall–Kier alpha value is -3.91. The molecule has 1 amide bonds. The number of piperazine rings is 1. The molecule has 8 nitrogen and oxygen atoms in total. The summed E-state index contributed by atoms with van der Waals surface area (Å²) in [6.07, 6.45) is 4.01. The van der Waals surface area contributed by atoms with Crippen LogP contribution in [0.1, 0.15) is 59.6 Å². The highest BCUT2D eigenvalue weighted by molar-refractivity contribution is 6.09. The van der Waals surface area contributed by atoms with Crippen LogP contribution in [0.25, 0.3) is 22.0 Å². The normalized spacial score (nSPS) is 15.8. The fraction of sp³-hybridized carbons (Fsp3) is 0.387. The van der Waals surface area contributed by atoms with Gasteiger partial charge in [0.15, 0.2) is 0 Å². The molecule has 39 heavy (non-hydrogen) atoms. The van der Waals surface area contributed by atoms with Gasteiger partial charge < -0.3 is 25.1 Å². The Morgan fingerprint density at radius 2 is 1.92 bits per heavy atom. The highest BCUT2D eigenvalue weighted by Crippen LogP contribution is 2.33. The van der Waals surface area contributed by atoms with Gasteiger partial charge in [-0.1, -0.05) is 0 Å². The molecule has 0 radical (unpaired) electrons. The monoisotopic (exact) mass is 526 g/mol. The third-order valence-corrected chi connectivity index (χ3v) is 7.72. The summed E-state index contributed by atoms with van der Waals surface area (Å²) in [5, 5.41) is 7.36. The van der Waals surface area contributed by atoms with E-state index in [1.807, 2.05) is 39.1 Å². The smallest absolute Gasteiger partial charge is 0.253 e. The standard InChI is InChI=1S/C31H38N6O2/c1-18(2)37-17-20(4)29-25(30(38)34-16-26-19(3)11-21(5)35-31(26)39)12-24(13-27(29)37)23-7-8-28(33-15-23)36-10-9-32-14-22(36)6/h7-8,11-13,15,17-18,22,32H,9-10,14,16H2,1-6H3,(H,34,38)(H,35,39)/t22-/m0/s1. The molecule has 5 rings (SSSR count). The van der Waals surface area contributed by atoms with Crippen molar-refractivity contribution in [3.63, 3.8) is 0 Å². The third kappa shape index (κ3) is 5.21. The molecule has 4 heterocycles. The number of amides is 1. The maximum Gasteiger partial charge on any atom is 0.253 e. The fourth-order valence-corrected chi connectivity index (χ4v) is 5.63. The van der Waals surface area contributed by atoms with Gasteiger partial charge >= 0.3 is 0 Å². The Bertz CT molecular complexity index is 1580. The zero-order valence-electron chi connectivity index (χ0n) is 23.7. The van der Waals surface area contributed by atoms with E-state index < -0.39 is 0 Å². The minimum Gasteiger partial charge on any atom is -0.351 e. The number of rotatable bonds is 6. The van der Waals surface area contributed by atoms with Crippen LogP contribution < -0.4 is 21.1 Å². The second-order valence-corrected chi connectivity index (χ2v) is 11.0. The van der Waals surface area contributed by atoms with E-state index in [1.165, 1.54) is 0 Å². The second kappa shape index (κ2) is 10.7. The van der Waals surface area contributed by atoms with E-state index in [9.17, 15) is 9.59 Å². The van der Waals surface area contributed by atoms with Gasteiger partial charge in [-0.2, -0.15) is 0 Å². The number of carbonyl (C=O) groups excluding carboxylic acids is 1. The van der Waals surface area contributed by atoms with Crippen molar-refractivity contribution in [3.8, 4) is 11.1 Å². The number of aromatic amines is 1. The Kier molecular flexibility index (Phi) is 7.32. The molecule has 4 aromatic rings. The molecule has 1 aliphatic rings. The van der Waals surface area contributed by atoms with Crippen molar-refractivity contribution in [2.24, 2.45) is 0 Å². The minimum atomic E-state index is -0.204. The molecule has 3 N–H and O–H groups in total. The van der Waals surface area contributed by atoms with Crippen molar-refractivity contribution in [3.05, 3.63) is 81.0 Å². The number of aromatic nitrogens is 3. The lowest BCUT2D eigenvalue weighted by Crippen LogP contribution is -2.50. The first kappa shape index (κ1) is 26.7. The number of H-pyrrole nitrogens is 1. The topological polar surface area (TPSA) is 95.1 Å². The lowest BCUT2D eigenvalue weighted by atomic mass is 9.98. The van der Waals surface area contributed by atoms with Crippen LogP contribution in [-0.4, -0.2) is 46.1 Å². The Balaban J connectivity index is 1.53. The number of fused-ring (bicyclic) bond motifs is 1. The van der Waals surface area contributed by atoms with Crippen molar-refractivity contribution < 1.29 is 4.79 Å². The molecular formula is C31H38N6O2. The zero-order chi connectivity index (χ0) is 27.8. The zero-order valence-corrected chi connectivity index (χ0v) is 23.7. The van der Waals surface area contributed by atoms with E-state index >= 15 is 0 Å². The second-order valence-electron chi connectivity index (χ2n) is 11.0. The van der Waals surface area contributed by atoms with Gasteiger partial charge in [0.2, 0.25) is 0 Å². The summed E-state index contributed by atoms with van der Waals surface area (Å²) in [6.45, 7) is 15.3. The van der Waals surface area contributed by atoms with Crippen LogP contribution in [-0.2, 0) is 6.54 Å². The number of pyridine rings is 2. The van der Waals surface area contributed by atoms with E-state index in [0.29, 0.717) is 17.2 Å². The maximum atomic E-state index is 13.7. The Labute approximate surface area is 229 Å². The summed E-state index contributed by atoms with van der Waals surface area (Å²) >= 11 is 0. The Morgan fingerprint density at radius 1 is 1.13 bits per heavy atom. The lowest BCUT2D eigenvalue weighted by Gasteiger charge is -2.34. The van der Waals surface area contributed by atoms with Crippen molar-refractivity contribution in [1.82, 2.24) is 25.2 Å². The summed E-state index contributed by atoms with van der Waals surface area (Å²) in [6, 6.07) is 10.8. The highest BCUT2D eigenvalue weighted by Gasteiger charge is 2.21. The van der Waals surface area contributed by atoms with Gasteiger partial charge in [-0.25, -0.2) is 4.98 Å². The van der Waals surface area contributed by atoms with Crippen LogP contribution in [0.5, 0.6) is 0 Å². The molecule has 1 aromatic carbocycles. The third-order valence-electron chi connectivity index (χ3n) is 7.72. The van der Waals surface area contributed by atoms with Crippen LogP contribution in [0.15, 0.2) is 47.5 Å². The van der Waals surface area contributed by atoms with Crippen molar-refractivity contribution in [1.29, 1.82) is 0 Å². The van der Waals surface area contributed by atoms with E-state index in [0.717, 1.165) is 64.3 Å². The molecule has 1 aliphatic heterocycles. The molecular weight excluding hydrogens is 488 g/mol. The van der Waals surface area contributed by atoms with Gasteiger partial charge in [0.05, 0.1) is 0 Å². The molecule has 3 aromatic heterocycles. The number of nitrogens with zero attached hydrogens (tertiary/aromatic N) is 3. The lowest BCUT2D eigenvalue weighted by molar-refractivity contribution is 0.0952. The van der Waals surface area contributed by atoms with Gasteiger partial charge in [-0.15, -0.1) is 0 Å². The molecule has 204 valence electrons. The van der Waals surface area contributed by atoms with E-state index in [-0.39, 0.29) is 24.1 Å².